The number of nitrogens with zero attached hydrogens (tertiary/aromatic N) is 3. The highest BCUT2D eigenvalue weighted by atomic mass is 16.1. The van der Waals surface area contributed by atoms with Crippen LogP contribution in [0.5, 0.6) is 0 Å². The summed E-state index contributed by atoms with van der Waals surface area (Å²) < 4.78 is 1.51. The lowest BCUT2D eigenvalue weighted by Gasteiger charge is -2.04. The van der Waals surface area contributed by atoms with Crippen LogP contribution in [0.3, 0.4) is 0 Å². The maximum atomic E-state index is 11.0. The van der Waals surface area contributed by atoms with E-state index in [-0.39, 0.29) is 0 Å². The molecule has 0 unspecified atom stereocenters. The van der Waals surface area contributed by atoms with Crippen molar-refractivity contribution in [1.82, 2.24) is 14.8 Å². The number of pyridine rings is 1. The summed E-state index contributed by atoms with van der Waals surface area (Å²) in [5.74, 6) is 0.112. The van der Waals surface area contributed by atoms with Crippen LogP contribution < -0.4 is 11.5 Å². The van der Waals surface area contributed by atoms with E-state index in [1.165, 1.54) is 10.9 Å². The molecule has 0 fully saturated rings. The average Bonchev–Trinajstić information content (AvgIpc) is 2.77. The Morgan fingerprint density at radius 3 is 2.82 bits per heavy atom. The molecule has 0 aromatic carbocycles. The first-order valence-corrected chi connectivity index (χ1v) is 5.12. The van der Waals surface area contributed by atoms with Crippen molar-refractivity contribution in [3.63, 3.8) is 0 Å². The molecular weight excluding hydrogens is 218 g/mol. The predicted molar refractivity (Wildman–Crippen MR) is 62.5 cm³/mol. The van der Waals surface area contributed by atoms with Crippen molar-refractivity contribution < 1.29 is 4.79 Å². The second-order valence-electron chi connectivity index (χ2n) is 3.72. The van der Waals surface area contributed by atoms with Gasteiger partial charge in [0.1, 0.15) is 0 Å². The molecule has 6 heteroatoms. The van der Waals surface area contributed by atoms with Crippen LogP contribution in [0.2, 0.25) is 0 Å². The van der Waals surface area contributed by atoms with Crippen LogP contribution in [0.4, 0.5) is 0 Å². The molecule has 0 saturated carbocycles. The second kappa shape index (κ2) is 4.34. The lowest BCUT2D eigenvalue weighted by Crippen LogP contribution is -2.09. The molecule has 88 valence electrons. The third-order valence-corrected chi connectivity index (χ3v) is 2.34. The number of nitrogens with two attached hydrogens (primary N) is 2. The normalized spacial score (nSPS) is 10.5. The molecule has 2 aromatic rings. The van der Waals surface area contributed by atoms with Crippen LogP contribution in [0.25, 0.3) is 5.82 Å². The number of carbonyl (C=O) groups excluding carboxylic acids is 1. The van der Waals surface area contributed by atoms with Crippen molar-refractivity contribution in [2.24, 2.45) is 11.5 Å². The van der Waals surface area contributed by atoms with E-state index in [1.54, 1.807) is 6.20 Å². The van der Waals surface area contributed by atoms with E-state index in [1.807, 2.05) is 19.1 Å². The van der Waals surface area contributed by atoms with E-state index < -0.39 is 5.91 Å². The second-order valence-corrected chi connectivity index (χ2v) is 3.72. The minimum absolute atomic E-state index is 0.350. The van der Waals surface area contributed by atoms with Crippen molar-refractivity contribution in [2.75, 3.05) is 0 Å². The van der Waals surface area contributed by atoms with Gasteiger partial charge in [-0.1, -0.05) is 0 Å². The largest absolute Gasteiger partial charge is 0.366 e. The third-order valence-electron chi connectivity index (χ3n) is 2.34. The SMILES string of the molecule is Cc1cc(CN)cc(-n2cc(C(N)=O)cn2)n1. The Labute approximate surface area is 98.3 Å². The summed E-state index contributed by atoms with van der Waals surface area (Å²) in [4.78, 5) is 15.3. The van der Waals surface area contributed by atoms with Gasteiger partial charge in [0.05, 0.1) is 11.8 Å². The Morgan fingerprint density at radius 2 is 2.24 bits per heavy atom. The molecule has 6 nitrogen and oxygen atoms in total. The van der Waals surface area contributed by atoms with Gasteiger partial charge in [-0.05, 0) is 24.6 Å². The van der Waals surface area contributed by atoms with Crippen molar-refractivity contribution in [3.05, 3.63) is 41.3 Å². The molecular formula is C11H13N5O. The Bertz CT molecular complexity index is 561. The van der Waals surface area contributed by atoms with E-state index in [0.29, 0.717) is 17.9 Å². The van der Waals surface area contributed by atoms with Crippen molar-refractivity contribution in [1.29, 1.82) is 0 Å². The number of carbonyl (C=O) groups is 1. The van der Waals surface area contributed by atoms with Gasteiger partial charge in [-0.2, -0.15) is 5.10 Å². The summed E-state index contributed by atoms with van der Waals surface area (Å²) in [6, 6.07) is 3.73. The quantitative estimate of drug-likeness (QED) is 0.784. The zero-order valence-corrected chi connectivity index (χ0v) is 9.42. The van der Waals surface area contributed by atoms with Crippen molar-refractivity contribution >= 4 is 5.91 Å². The lowest BCUT2D eigenvalue weighted by molar-refractivity contribution is 0.100. The van der Waals surface area contributed by atoms with Gasteiger partial charge in [0.25, 0.3) is 5.91 Å². The molecule has 4 N–H and O–H groups in total. The highest BCUT2D eigenvalue weighted by Gasteiger charge is 2.07. The van der Waals surface area contributed by atoms with Crippen molar-refractivity contribution in [3.8, 4) is 5.82 Å². The maximum absolute atomic E-state index is 11.0. The molecule has 0 saturated heterocycles. The zero-order chi connectivity index (χ0) is 12.4. The molecule has 2 rings (SSSR count). The maximum Gasteiger partial charge on any atom is 0.251 e. The van der Waals surface area contributed by atoms with Crippen LogP contribution in [0.15, 0.2) is 24.5 Å². The van der Waals surface area contributed by atoms with Gasteiger partial charge >= 0.3 is 0 Å². The summed E-state index contributed by atoms with van der Waals surface area (Å²) in [5, 5.41) is 4.04. The Kier molecular flexibility index (Phi) is 2.88. The number of aromatic nitrogens is 3. The van der Waals surface area contributed by atoms with Crippen molar-refractivity contribution in [2.45, 2.75) is 13.5 Å². The van der Waals surface area contributed by atoms with Gasteiger partial charge < -0.3 is 11.5 Å². The number of hydrogen-bond acceptors (Lipinski definition) is 4. The molecule has 0 bridgehead atoms. The van der Waals surface area contributed by atoms with Gasteiger partial charge in [0.15, 0.2) is 5.82 Å². The summed E-state index contributed by atoms with van der Waals surface area (Å²) >= 11 is 0. The first kappa shape index (κ1) is 11.3. The minimum Gasteiger partial charge on any atom is -0.366 e. The molecule has 1 amide bonds. The molecule has 0 atom stereocenters. The van der Waals surface area contributed by atoms with Crippen LogP contribution in [0.1, 0.15) is 21.6 Å². The predicted octanol–water partition coefficient (Wildman–Crippen LogP) is 0.133. The summed E-state index contributed by atoms with van der Waals surface area (Å²) in [7, 11) is 0. The van der Waals surface area contributed by atoms with Gasteiger partial charge in [-0.3, -0.25) is 4.79 Å². The smallest absolute Gasteiger partial charge is 0.251 e. The molecule has 0 aliphatic rings. The third kappa shape index (κ3) is 2.31. The number of aryl methyl sites for hydroxylation is 1. The number of primary amides is 1. The molecule has 2 aromatic heterocycles. The Hall–Kier alpha value is -2.21. The standard InChI is InChI=1S/C11H13N5O/c1-7-2-8(4-12)3-10(15-7)16-6-9(5-14-16)11(13)17/h2-3,5-6H,4,12H2,1H3,(H2,13,17). The number of hydrogen-bond donors (Lipinski definition) is 2. The van der Waals surface area contributed by atoms with E-state index in [0.717, 1.165) is 11.3 Å². The van der Waals surface area contributed by atoms with E-state index >= 15 is 0 Å². The van der Waals surface area contributed by atoms with Crippen LogP contribution in [-0.2, 0) is 6.54 Å². The molecule has 17 heavy (non-hydrogen) atoms. The van der Waals surface area contributed by atoms with E-state index in [4.69, 9.17) is 11.5 Å². The fourth-order valence-corrected chi connectivity index (χ4v) is 1.53. The lowest BCUT2D eigenvalue weighted by atomic mass is 10.2. The zero-order valence-electron chi connectivity index (χ0n) is 9.42. The Morgan fingerprint density at radius 1 is 1.47 bits per heavy atom. The van der Waals surface area contributed by atoms with Crippen LogP contribution >= 0.6 is 0 Å². The Balaban J connectivity index is 2.44. The fraction of sp³-hybridized carbons (Fsp3) is 0.182. The van der Waals surface area contributed by atoms with Crippen LogP contribution in [0, 0.1) is 6.92 Å². The molecule has 0 spiro atoms. The highest BCUT2D eigenvalue weighted by Crippen LogP contribution is 2.10. The molecule has 2 heterocycles. The summed E-state index contributed by atoms with van der Waals surface area (Å²) in [5.41, 5.74) is 12.9. The highest BCUT2D eigenvalue weighted by molar-refractivity contribution is 5.92. The fourth-order valence-electron chi connectivity index (χ4n) is 1.53. The summed E-state index contributed by atoms with van der Waals surface area (Å²) in [6.45, 7) is 2.31. The van der Waals surface area contributed by atoms with Gasteiger partial charge in [-0.15, -0.1) is 0 Å². The van der Waals surface area contributed by atoms with Gasteiger partial charge in [-0.25, -0.2) is 9.67 Å². The first-order chi connectivity index (χ1) is 8.10. The van der Waals surface area contributed by atoms with E-state index in [2.05, 4.69) is 10.1 Å². The first-order valence-electron chi connectivity index (χ1n) is 5.12. The number of amides is 1. The van der Waals surface area contributed by atoms with Gasteiger partial charge in [0.2, 0.25) is 0 Å². The minimum atomic E-state index is -0.511. The average molecular weight is 231 g/mol. The monoisotopic (exact) mass is 231 g/mol. The molecule has 0 aliphatic heterocycles. The topological polar surface area (TPSA) is 99.8 Å². The van der Waals surface area contributed by atoms with E-state index in [9.17, 15) is 4.79 Å². The van der Waals surface area contributed by atoms with Gasteiger partial charge in [0, 0.05) is 18.4 Å². The van der Waals surface area contributed by atoms with Crippen LogP contribution in [-0.4, -0.2) is 20.7 Å². The molecule has 0 radical (unpaired) electrons. The number of rotatable bonds is 3. The molecule has 0 aliphatic carbocycles. The summed E-state index contributed by atoms with van der Waals surface area (Å²) in [6.07, 6.45) is 2.96.